The van der Waals surface area contributed by atoms with Crippen LogP contribution in [-0.4, -0.2) is 23.8 Å². The van der Waals surface area contributed by atoms with E-state index in [9.17, 15) is 9.59 Å². The molecular formula is C24H26O5. The molecule has 0 radical (unpaired) electrons. The highest BCUT2D eigenvalue weighted by molar-refractivity contribution is 6.02. The van der Waals surface area contributed by atoms with Gasteiger partial charge in [0.1, 0.15) is 6.61 Å². The minimum absolute atomic E-state index is 0.170. The third kappa shape index (κ3) is 4.74. The van der Waals surface area contributed by atoms with Gasteiger partial charge < -0.3 is 14.6 Å². The molecule has 3 aromatic rings. The summed E-state index contributed by atoms with van der Waals surface area (Å²) in [6.07, 6.45) is 0.856. The quantitative estimate of drug-likeness (QED) is 0.344. The molecule has 152 valence electrons. The van der Waals surface area contributed by atoms with Crippen LogP contribution in [0.25, 0.3) is 21.5 Å². The Labute approximate surface area is 170 Å². The van der Waals surface area contributed by atoms with Crippen molar-refractivity contribution in [3.8, 4) is 0 Å². The van der Waals surface area contributed by atoms with Crippen molar-refractivity contribution < 1.29 is 24.2 Å². The van der Waals surface area contributed by atoms with Gasteiger partial charge in [0.2, 0.25) is 0 Å². The number of fused-ring (bicyclic) bond motifs is 2. The van der Waals surface area contributed by atoms with Crippen molar-refractivity contribution >= 4 is 33.5 Å². The average Bonchev–Trinajstić information content (AvgIpc) is 2.74. The molecule has 1 N–H and O–H groups in total. The Morgan fingerprint density at radius 3 is 2.07 bits per heavy atom. The van der Waals surface area contributed by atoms with E-state index in [-0.39, 0.29) is 12.6 Å². The molecule has 0 aliphatic rings. The Balaban J connectivity index is 1.77. The lowest BCUT2D eigenvalue weighted by molar-refractivity contribution is -0.158. The van der Waals surface area contributed by atoms with Crippen LogP contribution in [0.2, 0.25) is 0 Å². The topological polar surface area (TPSA) is 72.8 Å². The summed E-state index contributed by atoms with van der Waals surface area (Å²) in [5, 5.41) is 13.1. The van der Waals surface area contributed by atoms with E-state index in [0.717, 1.165) is 27.1 Å². The summed E-state index contributed by atoms with van der Waals surface area (Å²) in [5.41, 5.74) is 0.978. The fourth-order valence-electron chi connectivity index (χ4n) is 3.68. The molecule has 0 amide bonds. The van der Waals surface area contributed by atoms with Crippen molar-refractivity contribution in [2.24, 2.45) is 11.8 Å². The van der Waals surface area contributed by atoms with Crippen LogP contribution in [0.15, 0.2) is 54.6 Å². The Bertz CT molecular complexity index is 956. The molecule has 0 saturated carbocycles. The number of aliphatic hydroxyl groups is 1. The molecule has 0 aromatic heterocycles. The lowest BCUT2D eigenvalue weighted by Crippen LogP contribution is -2.24. The highest BCUT2D eigenvalue weighted by Crippen LogP contribution is 2.29. The molecule has 0 aliphatic carbocycles. The van der Waals surface area contributed by atoms with E-state index in [1.165, 1.54) is 0 Å². The maximum absolute atomic E-state index is 12.6. The molecule has 0 spiro atoms. The molecule has 0 aliphatic heterocycles. The Hall–Kier alpha value is -2.92. The number of ether oxygens (including phenoxy) is 2. The van der Waals surface area contributed by atoms with Crippen LogP contribution in [0.4, 0.5) is 0 Å². The second-order valence-electron chi connectivity index (χ2n) is 7.24. The number of carbonyl (C=O) groups excluding carboxylic acids is 2. The zero-order valence-corrected chi connectivity index (χ0v) is 16.8. The average molecular weight is 394 g/mol. The van der Waals surface area contributed by atoms with Gasteiger partial charge in [0.25, 0.3) is 0 Å². The molecule has 5 nitrogen and oxygen atoms in total. The third-order valence-corrected chi connectivity index (χ3v) is 5.31. The van der Waals surface area contributed by atoms with E-state index >= 15 is 0 Å². The number of esters is 2. The summed E-state index contributed by atoms with van der Waals surface area (Å²) in [7, 11) is 0. The summed E-state index contributed by atoms with van der Waals surface area (Å²) in [6.45, 7) is 3.12. The Morgan fingerprint density at radius 2 is 1.52 bits per heavy atom. The summed E-state index contributed by atoms with van der Waals surface area (Å²) in [4.78, 5) is 24.5. The second-order valence-corrected chi connectivity index (χ2v) is 7.24. The van der Waals surface area contributed by atoms with Crippen LogP contribution in [0.1, 0.15) is 32.3 Å². The largest absolute Gasteiger partial charge is 0.461 e. The molecule has 29 heavy (non-hydrogen) atoms. The van der Waals surface area contributed by atoms with Gasteiger partial charge in [-0.25, -0.2) is 0 Å². The van der Waals surface area contributed by atoms with Crippen LogP contribution in [-0.2, 0) is 25.7 Å². The summed E-state index contributed by atoms with van der Waals surface area (Å²) in [5.74, 6) is -1.73. The van der Waals surface area contributed by atoms with E-state index in [4.69, 9.17) is 9.84 Å². The predicted octanol–water partition coefficient (Wildman–Crippen LogP) is 4.58. The third-order valence-electron chi connectivity index (χ3n) is 5.31. The van der Waals surface area contributed by atoms with Crippen molar-refractivity contribution in [3.05, 3.63) is 60.2 Å². The van der Waals surface area contributed by atoms with Gasteiger partial charge in [-0.3, -0.25) is 9.59 Å². The van der Waals surface area contributed by atoms with E-state index in [0.29, 0.717) is 12.8 Å². The normalized spacial score (nSPS) is 13.2. The molecule has 2 atom stereocenters. The maximum atomic E-state index is 12.6. The fourth-order valence-corrected chi connectivity index (χ4v) is 3.68. The first kappa shape index (κ1) is 20.8. The number of rotatable bonds is 8. The number of carbonyl (C=O) groups is 2. The van der Waals surface area contributed by atoms with Gasteiger partial charge >= 0.3 is 11.9 Å². The van der Waals surface area contributed by atoms with Crippen molar-refractivity contribution in [1.82, 2.24) is 0 Å². The van der Waals surface area contributed by atoms with Crippen molar-refractivity contribution in [1.29, 1.82) is 0 Å². The van der Waals surface area contributed by atoms with E-state index in [1.807, 2.05) is 55.5 Å². The molecule has 5 heteroatoms. The van der Waals surface area contributed by atoms with E-state index < -0.39 is 24.6 Å². The fraction of sp³-hybridized carbons (Fsp3) is 0.333. The minimum atomic E-state index is -0.650. The molecule has 0 fully saturated rings. The van der Waals surface area contributed by atoms with E-state index in [2.05, 4.69) is 10.8 Å². The van der Waals surface area contributed by atoms with Gasteiger partial charge in [-0.05, 0) is 40.5 Å². The predicted molar refractivity (Wildman–Crippen MR) is 112 cm³/mol. The van der Waals surface area contributed by atoms with Crippen LogP contribution in [0, 0.1) is 11.8 Å². The van der Waals surface area contributed by atoms with Gasteiger partial charge in [-0.15, -0.1) is 0 Å². The SMILES string of the molecule is CCC(CC(C)C(=O)OCc1c2ccccc2cc2ccccc12)C(=O)OCO. The lowest BCUT2D eigenvalue weighted by Gasteiger charge is -2.18. The highest BCUT2D eigenvalue weighted by Gasteiger charge is 2.25. The van der Waals surface area contributed by atoms with Gasteiger partial charge in [0.05, 0.1) is 11.8 Å². The molecule has 2 unspecified atom stereocenters. The monoisotopic (exact) mass is 394 g/mol. The van der Waals surface area contributed by atoms with Gasteiger partial charge in [0, 0.05) is 5.56 Å². The smallest absolute Gasteiger partial charge is 0.311 e. The number of hydrogen-bond donors (Lipinski definition) is 1. The molecular weight excluding hydrogens is 368 g/mol. The maximum Gasteiger partial charge on any atom is 0.311 e. The van der Waals surface area contributed by atoms with Crippen LogP contribution in [0.5, 0.6) is 0 Å². The first-order chi connectivity index (χ1) is 14.0. The molecule has 0 saturated heterocycles. The number of benzene rings is 3. The van der Waals surface area contributed by atoms with Crippen LogP contribution < -0.4 is 0 Å². The number of hydrogen-bond acceptors (Lipinski definition) is 5. The standard InChI is InChI=1S/C24H26O5/c1-3-17(24(27)29-15-25)12-16(2)23(26)28-14-22-20-10-6-4-8-18(20)13-19-9-5-7-11-21(19)22/h4-11,13,16-17,25H,3,12,14-15H2,1-2H3. The Morgan fingerprint density at radius 1 is 0.931 bits per heavy atom. The first-order valence-electron chi connectivity index (χ1n) is 9.88. The van der Waals surface area contributed by atoms with Gasteiger partial charge in [-0.2, -0.15) is 0 Å². The summed E-state index contributed by atoms with van der Waals surface area (Å²) >= 11 is 0. The molecule has 0 bridgehead atoms. The van der Waals surface area contributed by atoms with Crippen LogP contribution in [0.3, 0.4) is 0 Å². The highest BCUT2D eigenvalue weighted by atomic mass is 16.6. The van der Waals surface area contributed by atoms with Gasteiger partial charge in [-0.1, -0.05) is 62.4 Å². The summed E-state index contributed by atoms with van der Waals surface area (Å²) in [6, 6.07) is 18.2. The molecule has 0 heterocycles. The second kappa shape index (κ2) is 9.52. The van der Waals surface area contributed by atoms with Crippen molar-refractivity contribution in [2.45, 2.75) is 33.3 Å². The Kier molecular flexibility index (Phi) is 6.83. The van der Waals surface area contributed by atoms with Gasteiger partial charge in [0.15, 0.2) is 6.79 Å². The van der Waals surface area contributed by atoms with Crippen LogP contribution >= 0.6 is 0 Å². The molecule has 3 rings (SSSR count). The summed E-state index contributed by atoms with van der Waals surface area (Å²) < 4.78 is 10.3. The first-order valence-corrected chi connectivity index (χ1v) is 9.88. The minimum Gasteiger partial charge on any atom is -0.461 e. The number of aliphatic hydroxyl groups excluding tert-OH is 1. The van der Waals surface area contributed by atoms with E-state index in [1.54, 1.807) is 6.92 Å². The molecule has 3 aromatic carbocycles. The van der Waals surface area contributed by atoms with Crippen molar-refractivity contribution in [2.75, 3.05) is 6.79 Å². The lowest BCUT2D eigenvalue weighted by atomic mass is 9.93. The van der Waals surface area contributed by atoms with Crippen molar-refractivity contribution in [3.63, 3.8) is 0 Å². The zero-order chi connectivity index (χ0) is 20.8. The zero-order valence-electron chi connectivity index (χ0n) is 16.8.